The van der Waals surface area contributed by atoms with Crippen LogP contribution in [0, 0.1) is 32.8 Å². The van der Waals surface area contributed by atoms with Crippen LogP contribution in [-0.2, 0) is 4.79 Å². The zero-order valence-corrected chi connectivity index (χ0v) is 16.0. The van der Waals surface area contributed by atoms with Gasteiger partial charge in [0.25, 0.3) is 5.69 Å². The van der Waals surface area contributed by atoms with Crippen molar-refractivity contribution in [2.75, 3.05) is 26.2 Å². The van der Waals surface area contributed by atoms with Crippen LogP contribution >= 0.6 is 0 Å². The molecule has 1 aromatic carbocycles. The lowest BCUT2D eigenvalue weighted by molar-refractivity contribution is -1.18. The molecule has 0 unspecified atom stereocenters. The Kier molecular flexibility index (Phi) is 3.80. The fourth-order valence-corrected chi connectivity index (χ4v) is 5.99. The Balaban J connectivity index is 1.74. The van der Waals surface area contributed by atoms with Crippen LogP contribution in [0.25, 0.3) is 0 Å². The van der Waals surface area contributed by atoms with Crippen molar-refractivity contribution in [1.82, 2.24) is 0 Å². The number of non-ortho nitro benzene ring substituents is 1. The van der Waals surface area contributed by atoms with Gasteiger partial charge in [-0.15, -0.1) is 0 Å². The van der Waals surface area contributed by atoms with Crippen molar-refractivity contribution in [3.05, 3.63) is 39.9 Å². The van der Waals surface area contributed by atoms with E-state index in [-0.39, 0.29) is 27.6 Å². The molecule has 0 amide bonds. The van der Waals surface area contributed by atoms with Gasteiger partial charge in [0.15, 0.2) is 5.78 Å². The number of benzene rings is 1. The first kappa shape index (κ1) is 17.6. The van der Waals surface area contributed by atoms with E-state index in [9.17, 15) is 14.9 Å². The monoisotopic (exact) mass is 359 g/mol. The fraction of sp³-hybridized carbons (Fsp3) is 0.650. The highest BCUT2D eigenvalue weighted by atomic mass is 16.6. The lowest BCUT2D eigenvalue weighted by Crippen LogP contribution is -3.41. The number of hydrogen-bond donors (Lipinski definition) is 2. The smallest absolute Gasteiger partial charge is 0.269 e. The summed E-state index contributed by atoms with van der Waals surface area (Å²) in [6.45, 7) is 12.3. The summed E-state index contributed by atoms with van der Waals surface area (Å²) < 4.78 is 0. The Morgan fingerprint density at radius 3 is 1.73 bits per heavy atom. The van der Waals surface area contributed by atoms with Gasteiger partial charge in [0.1, 0.15) is 37.0 Å². The molecule has 4 saturated heterocycles. The maximum absolute atomic E-state index is 13.6. The lowest BCUT2D eigenvalue weighted by atomic mass is 9.53. The van der Waals surface area contributed by atoms with Crippen LogP contribution in [0.2, 0.25) is 0 Å². The molecule has 0 spiro atoms. The van der Waals surface area contributed by atoms with Crippen LogP contribution in [0.5, 0.6) is 0 Å². The highest BCUT2D eigenvalue weighted by molar-refractivity contribution is 5.92. The summed E-state index contributed by atoms with van der Waals surface area (Å²) >= 11 is 0. The summed E-state index contributed by atoms with van der Waals surface area (Å²) in [6, 6.07) is 7.06. The van der Waals surface area contributed by atoms with Crippen molar-refractivity contribution >= 4 is 11.5 Å². The number of nitro benzene ring substituents is 1. The van der Waals surface area contributed by atoms with E-state index < -0.39 is 0 Å². The molecular weight excluding hydrogens is 330 g/mol. The van der Waals surface area contributed by atoms with E-state index >= 15 is 0 Å². The van der Waals surface area contributed by atoms with Crippen molar-refractivity contribution < 1.29 is 19.5 Å². The van der Waals surface area contributed by atoms with Gasteiger partial charge in [0.2, 0.25) is 6.17 Å². The third kappa shape index (κ3) is 2.15. The SMILES string of the molecule is CC(C)C12C[NH+]3CC(C(C)C)(C[NH+](C1)C3c1ccc([N+](=O)[O-])cc1)C2=O. The highest BCUT2D eigenvalue weighted by Gasteiger charge is 2.72. The van der Waals surface area contributed by atoms with Crippen molar-refractivity contribution in [3.63, 3.8) is 0 Å². The van der Waals surface area contributed by atoms with Crippen LogP contribution in [0.1, 0.15) is 39.4 Å². The van der Waals surface area contributed by atoms with Gasteiger partial charge in [-0.1, -0.05) is 27.7 Å². The van der Waals surface area contributed by atoms with Crippen molar-refractivity contribution in [2.45, 2.75) is 33.9 Å². The number of carbonyl (C=O) groups excluding carboxylic acids is 1. The molecule has 0 saturated carbocycles. The first-order valence-corrected chi connectivity index (χ1v) is 9.70. The summed E-state index contributed by atoms with van der Waals surface area (Å²) in [5.41, 5.74) is 0.857. The minimum absolute atomic E-state index is 0.139. The average Bonchev–Trinajstić information content (AvgIpc) is 2.58. The van der Waals surface area contributed by atoms with Gasteiger partial charge in [-0.2, -0.15) is 0 Å². The summed E-state index contributed by atoms with van der Waals surface area (Å²) in [7, 11) is 0. The number of hydrogen-bond acceptors (Lipinski definition) is 3. The molecule has 1 aromatic rings. The predicted molar refractivity (Wildman–Crippen MR) is 96.8 cm³/mol. The van der Waals surface area contributed by atoms with E-state index in [0.29, 0.717) is 17.6 Å². The molecule has 5 rings (SSSR count). The maximum Gasteiger partial charge on any atom is 0.269 e. The Labute approximate surface area is 154 Å². The lowest BCUT2D eigenvalue weighted by Gasteiger charge is -2.62. The van der Waals surface area contributed by atoms with Crippen molar-refractivity contribution in [1.29, 1.82) is 0 Å². The van der Waals surface area contributed by atoms with Gasteiger partial charge in [0.05, 0.1) is 10.5 Å². The number of nitrogens with one attached hydrogen (secondary N) is 2. The number of Topliss-reactive ketones (excluding diaryl/α,β-unsaturated/α-hetero) is 1. The number of rotatable bonds is 4. The molecule has 0 aromatic heterocycles. The second-order valence-electron chi connectivity index (χ2n) is 9.26. The fourth-order valence-electron chi connectivity index (χ4n) is 5.99. The zero-order chi connectivity index (χ0) is 18.9. The predicted octanol–water partition coefficient (Wildman–Crippen LogP) is 0.258. The summed E-state index contributed by atoms with van der Waals surface area (Å²) in [4.78, 5) is 27.1. The molecule has 2 N–H and O–H groups in total. The second kappa shape index (κ2) is 5.60. The topological polar surface area (TPSA) is 69.1 Å². The van der Waals surface area contributed by atoms with E-state index in [1.165, 1.54) is 9.80 Å². The van der Waals surface area contributed by atoms with Gasteiger partial charge in [-0.25, -0.2) is 0 Å². The van der Waals surface area contributed by atoms with Crippen LogP contribution in [-0.4, -0.2) is 36.9 Å². The molecule has 6 nitrogen and oxygen atoms in total. The van der Waals surface area contributed by atoms with E-state index in [2.05, 4.69) is 27.7 Å². The van der Waals surface area contributed by atoms with Crippen molar-refractivity contribution in [2.24, 2.45) is 22.7 Å². The molecule has 0 atom stereocenters. The van der Waals surface area contributed by atoms with E-state index in [1.54, 1.807) is 12.1 Å². The standard InChI is InChI=1S/C20H27N3O3/c1-13(2)19-9-21-11-20(14(3)4,18(19)24)12-22(10-19)17(21)15-5-7-16(8-6-15)23(25)26/h5-8,13-14,17H,9-12H2,1-4H3/p+2. The molecule has 4 bridgehead atoms. The van der Waals surface area contributed by atoms with Crippen LogP contribution in [0.3, 0.4) is 0 Å². The first-order chi connectivity index (χ1) is 12.2. The number of nitrogens with zero attached hydrogens (tertiary/aromatic N) is 1. The van der Waals surface area contributed by atoms with Crippen LogP contribution in [0.4, 0.5) is 5.69 Å². The van der Waals surface area contributed by atoms with E-state index in [1.807, 2.05) is 12.1 Å². The quantitative estimate of drug-likeness (QED) is 0.598. The normalized spacial score (nSPS) is 38.4. The molecular formula is C20H29N3O3+2. The van der Waals surface area contributed by atoms with Gasteiger partial charge in [-0.05, 0) is 24.0 Å². The van der Waals surface area contributed by atoms with Crippen molar-refractivity contribution in [3.8, 4) is 0 Å². The summed E-state index contributed by atoms with van der Waals surface area (Å²) in [5.74, 6) is 1.19. The van der Waals surface area contributed by atoms with Crippen LogP contribution in [0.15, 0.2) is 24.3 Å². The molecule has 0 aliphatic carbocycles. The minimum Gasteiger partial charge on any atom is -0.297 e. The Bertz CT molecular complexity index is 710. The molecule has 140 valence electrons. The van der Waals surface area contributed by atoms with Gasteiger partial charge in [0, 0.05) is 12.1 Å². The van der Waals surface area contributed by atoms with Gasteiger partial charge >= 0.3 is 0 Å². The first-order valence-electron chi connectivity index (χ1n) is 9.70. The molecule has 6 heteroatoms. The molecule has 26 heavy (non-hydrogen) atoms. The zero-order valence-electron chi connectivity index (χ0n) is 16.0. The Morgan fingerprint density at radius 1 is 0.962 bits per heavy atom. The highest BCUT2D eigenvalue weighted by Crippen LogP contribution is 2.44. The third-order valence-corrected chi connectivity index (χ3v) is 7.54. The Morgan fingerprint density at radius 2 is 1.38 bits per heavy atom. The molecule has 4 fully saturated rings. The van der Waals surface area contributed by atoms with E-state index in [0.717, 1.165) is 31.7 Å². The molecule has 4 heterocycles. The van der Waals surface area contributed by atoms with E-state index in [4.69, 9.17) is 0 Å². The molecule has 4 aliphatic heterocycles. The number of quaternary nitrogens is 2. The third-order valence-electron chi connectivity index (χ3n) is 7.54. The van der Waals surface area contributed by atoms with Gasteiger partial charge in [-0.3, -0.25) is 24.7 Å². The van der Waals surface area contributed by atoms with Gasteiger partial charge < -0.3 is 0 Å². The number of piperidine rings is 2. The number of nitro groups is 1. The summed E-state index contributed by atoms with van der Waals surface area (Å²) in [6.07, 6.45) is 0.280. The minimum atomic E-state index is -0.346. The number of ketones is 1. The molecule has 4 aliphatic rings. The number of carbonyl (C=O) groups is 1. The largest absolute Gasteiger partial charge is 0.297 e. The van der Waals surface area contributed by atoms with Crippen LogP contribution < -0.4 is 9.80 Å². The maximum atomic E-state index is 13.6. The second-order valence-corrected chi connectivity index (χ2v) is 9.26. The average molecular weight is 359 g/mol. The Hall–Kier alpha value is -1.79. The molecule has 0 radical (unpaired) electrons. The summed E-state index contributed by atoms with van der Waals surface area (Å²) in [5, 5.41) is 11.0.